The number of fused-ring (bicyclic) bond motifs is 1. The van der Waals surface area contributed by atoms with E-state index in [0.717, 1.165) is 37.7 Å². The van der Waals surface area contributed by atoms with Crippen molar-refractivity contribution in [1.29, 1.82) is 5.26 Å². The molecule has 11 heteroatoms. The Bertz CT molecular complexity index is 1510. The molecule has 1 fully saturated rings. The number of nitrogens with zero attached hydrogens (tertiary/aromatic N) is 4. The van der Waals surface area contributed by atoms with Gasteiger partial charge in [0.25, 0.3) is 5.97 Å². The molecule has 1 atom stereocenters. The van der Waals surface area contributed by atoms with Gasteiger partial charge in [0.15, 0.2) is 12.0 Å². The number of hydrogen-bond donors (Lipinski definition) is 4. The predicted octanol–water partition coefficient (Wildman–Crippen LogP) is 4.27. The smallest absolute Gasteiger partial charge is 0.322 e. The van der Waals surface area contributed by atoms with E-state index in [0.29, 0.717) is 36.8 Å². The zero-order valence-electron chi connectivity index (χ0n) is 24.2. The summed E-state index contributed by atoms with van der Waals surface area (Å²) in [7, 11) is 0. The molecule has 2 aliphatic rings. The van der Waals surface area contributed by atoms with Crippen molar-refractivity contribution in [3.05, 3.63) is 95.1 Å². The number of benzene rings is 3. The monoisotopic (exact) mass is 581 g/mol. The lowest BCUT2D eigenvalue weighted by atomic mass is 9.99. The summed E-state index contributed by atoms with van der Waals surface area (Å²) in [6.07, 6.45) is 2.93. The van der Waals surface area contributed by atoms with E-state index in [1.54, 1.807) is 24.3 Å². The second kappa shape index (κ2) is 14.6. The minimum absolute atomic E-state index is 0.0238. The van der Waals surface area contributed by atoms with E-state index >= 15 is 0 Å². The van der Waals surface area contributed by atoms with Crippen molar-refractivity contribution < 1.29 is 19.5 Å². The number of piperazine rings is 1. The Hall–Kier alpha value is -5.21. The van der Waals surface area contributed by atoms with Gasteiger partial charge in [0.1, 0.15) is 0 Å². The molecular formula is C32H35N7O4. The van der Waals surface area contributed by atoms with Crippen LogP contribution in [0.15, 0.2) is 77.8 Å². The maximum Gasteiger partial charge on any atom is 0.322 e. The molecule has 11 nitrogen and oxygen atoms in total. The van der Waals surface area contributed by atoms with Gasteiger partial charge in [0, 0.05) is 44.4 Å². The summed E-state index contributed by atoms with van der Waals surface area (Å²) < 4.78 is 0. The van der Waals surface area contributed by atoms with Crippen molar-refractivity contribution in [2.45, 2.75) is 32.9 Å². The highest BCUT2D eigenvalue weighted by molar-refractivity contribution is 5.95. The lowest BCUT2D eigenvalue weighted by molar-refractivity contribution is -0.134. The number of hydrogen-bond acceptors (Lipinski definition) is 6. The van der Waals surface area contributed by atoms with Crippen molar-refractivity contribution in [3.8, 4) is 6.19 Å². The third-order valence-electron chi connectivity index (χ3n) is 7.18. The topological polar surface area (TPSA) is 150 Å². The first-order valence-electron chi connectivity index (χ1n) is 14.0. The number of amides is 2. The molecule has 0 bridgehead atoms. The van der Waals surface area contributed by atoms with Crippen LogP contribution < -0.4 is 16.0 Å². The van der Waals surface area contributed by atoms with Crippen molar-refractivity contribution >= 4 is 35.1 Å². The summed E-state index contributed by atoms with van der Waals surface area (Å²) in [6, 6.07) is 22.3. The molecule has 222 valence electrons. The molecule has 0 aliphatic carbocycles. The molecule has 0 aromatic heterocycles. The number of ketones is 1. The number of anilines is 1. The third-order valence-corrected chi connectivity index (χ3v) is 7.18. The van der Waals surface area contributed by atoms with Gasteiger partial charge in [-0.25, -0.2) is 9.79 Å². The number of carboxylic acids is 1. The summed E-state index contributed by atoms with van der Waals surface area (Å²) in [4.78, 5) is 42.8. The lowest BCUT2D eigenvalue weighted by Gasteiger charge is -2.42. The molecule has 43 heavy (non-hydrogen) atoms. The van der Waals surface area contributed by atoms with Gasteiger partial charge in [-0.15, -0.1) is 0 Å². The van der Waals surface area contributed by atoms with Crippen molar-refractivity contribution in [1.82, 2.24) is 20.4 Å². The van der Waals surface area contributed by atoms with E-state index in [4.69, 9.17) is 14.9 Å². The van der Waals surface area contributed by atoms with Crippen LogP contribution in [0.5, 0.6) is 0 Å². The van der Waals surface area contributed by atoms with Gasteiger partial charge in [0.2, 0.25) is 5.96 Å². The Balaban J connectivity index is 0.000000996. The molecule has 2 heterocycles. The summed E-state index contributed by atoms with van der Waals surface area (Å²) >= 11 is 0. The second-order valence-corrected chi connectivity index (χ2v) is 10.2. The fraction of sp³-hybridized carbons (Fsp3) is 0.281. The number of nitrogens with one attached hydrogen (secondary N) is 3. The number of Topliss-reactive ketones (excluding diaryl/α,β-unsaturated/α-hetero) is 1. The number of carbonyl (C=O) groups is 3. The average molecular weight is 582 g/mol. The summed E-state index contributed by atoms with van der Waals surface area (Å²) in [6.45, 7) is 5.69. The fourth-order valence-corrected chi connectivity index (χ4v) is 5.12. The predicted molar refractivity (Wildman–Crippen MR) is 164 cm³/mol. The van der Waals surface area contributed by atoms with E-state index < -0.39 is 5.97 Å². The Morgan fingerprint density at radius 2 is 1.72 bits per heavy atom. The highest BCUT2D eigenvalue weighted by Gasteiger charge is 2.33. The van der Waals surface area contributed by atoms with Gasteiger partial charge >= 0.3 is 6.03 Å². The van der Waals surface area contributed by atoms with E-state index in [1.165, 1.54) is 18.1 Å². The Kier molecular flexibility index (Phi) is 10.4. The van der Waals surface area contributed by atoms with Crippen molar-refractivity contribution in [3.63, 3.8) is 0 Å². The number of nitriles is 1. The van der Waals surface area contributed by atoms with Crippen LogP contribution in [0.25, 0.3) is 0 Å². The molecule has 2 aliphatic heterocycles. The zero-order valence-corrected chi connectivity index (χ0v) is 24.2. The average Bonchev–Trinajstić information content (AvgIpc) is 3.01. The molecule has 3 aromatic rings. The van der Waals surface area contributed by atoms with E-state index in [-0.39, 0.29) is 17.9 Å². The highest BCUT2D eigenvalue weighted by Crippen LogP contribution is 2.29. The van der Waals surface area contributed by atoms with E-state index in [2.05, 4.69) is 22.0 Å². The minimum Gasteiger partial charge on any atom is -0.481 e. The van der Waals surface area contributed by atoms with Crippen molar-refractivity contribution in [2.24, 2.45) is 4.99 Å². The number of aliphatic carboxylic acids is 1. The maximum atomic E-state index is 13.4. The van der Waals surface area contributed by atoms with Crippen LogP contribution in [0.3, 0.4) is 0 Å². The van der Waals surface area contributed by atoms with E-state index in [1.807, 2.05) is 58.5 Å². The fourth-order valence-electron chi connectivity index (χ4n) is 5.12. The second-order valence-electron chi connectivity index (χ2n) is 10.2. The Morgan fingerprint density at radius 3 is 2.40 bits per heavy atom. The molecule has 1 unspecified atom stereocenters. The number of guanidine groups is 1. The molecule has 0 radical (unpaired) electrons. The number of rotatable bonds is 4. The molecule has 0 saturated carbocycles. The maximum absolute atomic E-state index is 13.4. The van der Waals surface area contributed by atoms with Crippen LogP contribution in [0.4, 0.5) is 16.2 Å². The lowest BCUT2D eigenvalue weighted by Crippen LogP contribution is -2.55. The normalized spacial score (nSPS) is 16.1. The van der Waals surface area contributed by atoms with Gasteiger partial charge < -0.3 is 25.5 Å². The first-order valence-corrected chi connectivity index (χ1v) is 14.0. The minimum atomic E-state index is -0.833. The number of urea groups is 1. The molecular weight excluding hydrogens is 546 g/mol. The molecule has 3 aromatic carbocycles. The molecule has 2 amide bonds. The first-order chi connectivity index (χ1) is 20.8. The van der Waals surface area contributed by atoms with Crippen LogP contribution in [0, 0.1) is 11.5 Å². The standard InChI is InChI=1S/C30H31N7O2.C2H4O2/c1-21(38)22-10-12-25(13-11-22)34-30(39)37-17-16-36(19-28(37)23-6-3-2-4-7-23)29(33-20-31)35-27-9-5-8-24-18-32-15-14-26(24)27;1-2(3)4/h2-13,28,32H,14-19H2,1H3,(H,33,35)(H,34,39);1H3,(H,3,4). The molecule has 4 N–H and O–H groups in total. The van der Waals surface area contributed by atoms with Gasteiger partial charge in [0.05, 0.1) is 11.7 Å². The zero-order chi connectivity index (χ0) is 30.8. The summed E-state index contributed by atoms with van der Waals surface area (Å²) in [5.41, 5.74) is 5.48. The van der Waals surface area contributed by atoms with Crippen LogP contribution in [0.2, 0.25) is 0 Å². The first kappa shape index (κ1) is 30.7. The third kappa shape index (κ3) is 8.18. The van der Waals surface area contributed by atoms with Gasteiger partial charge in [-0.1, -0.05) is 42.5 Å². The summed E-state index contributed by atoms with van der Waals surface area (Å²) in [5, 5.41) is 26.1. The SMILES string of the molecule is CC(=O)O.CC(=O)c1ccc(NC(=O)N2CCN(C(=Nc3cccc4c3CCNC4)NC#N)CC2c2ccccc2)cc1. The number of carbonyl (C=O) groups excluding carboxylic acids is 2. The van der Waals surface area contributed by atoms with Gasteiger partial charge in [-0.2, -0.15) is 5.26 Å². The van der Waals surface area contributed by atoms with Crippen LogP contribution in [-0.4, -0.2) is 64.8 Å². The van der Waals surface area contributed by atoms with Crippen LogP contribution in [0.1, 0.15) is 46.9 Å². The molecule has 1 saturated heterocycles. The number of carboxylic acid groups (broad SMARTS) is 1. The van der Waals surface area contributed by atoms with E-state index in [9.17, 15) is 14.9 Å². The van der Waals surface area contributed by atoms with Crippen LogP contribution in [-0.2, 0) is 17.8 Å². The highest BCUT2D eigenvalue weighted by atomic mass is 16.4. The van der Waals surface area contributed by atoms with Gasteiger partial charge in [-0.3, -0.25) is 14.9 Å². The molecule has 5 rings (SSSR count). The van der Waals surface area contributed by atoms with Crippen LogP contribution >= 0.6 is 0 Å². The quantitative estimate of drug-likeness (QED) is 0.117. The summed E-state index contributed by atoms with van der Waals surface area (Å²) in [5.74, 6) is -0.380. The van der Waals surface area contributed by atoms with Gasteiger partial charge in [-0.05, 0) is 66.9 Å². The molecule has 0 spiro atoms. The number of aliphatic imine (C=N–C) groups is 1. The largest absolute Gasteiger partial charge is 0.481 e. The van der Waals surface area contributed by atoms with Crippen molar-refractivity contribution in [2.75, 3.05) is 31.5 Å². The Morgan fingerprint density at radius 1 is 1.00 bits per heavy atom. The Labute approximate surface area is 250 Å².